The van der Waals surface area contributed by atoms with Crippen LogP contribution in [0.15, 0.2) is 48.5 Å². The number of hydrogen-bond donors (Lipinski definition) is 3. The van der Waals surface area contributed by atoms with E-state index in [1.807, 2.05) is 76.2 Å². The predicted molar refractivity (Wildman–Crippen MR) is 146 cm³/mol. The average molecular weight is 511 g/mol. The van der Waals surface area contributed by atoms with Crippen LogP contribution in [0.5, 0.6) is 5.75 Å². The van der Waals surface area contributed by atoms with Crippen molar-refractivity contribution in [1.29, 1.82) is 0 Å². The van der Waals surface area contributed by atoms with Crippen molar-refractivity contribution in [2.75, 3.05) is 55.4 Å². The third-order valence-electron chi connectivity index (χ3n) is 6.03. The monoisotopic (exact) mass is 510 g/mol. The molecule has 5 amide bonds. The lowest BCUT2D eigenvalue weighted by molar-refractivity contribution is -0.117. The van der Waals surface area contributed by atoms with Crippen LogP contribution >= 0.6 is 0 Å². The van der Waals surface area contributed by atoms with E-state index in [1.54, 1.807) is 12.0 Å². The number of carbonyl (C=O) groups excluding carboxylic acids is 3. The van der Waals surface area contributed by atoms with E-state index < -0.39 is 0 Å². The lowest BCUT2D eigenvalue weighted by Crippen LogP contribution is -2.50. The molecule has 10 heteroatoms. The van der Waals surface area contributed by atoms with Crippen molar-refractivity contribution in [3.05, 3.63) is 48.5 Å². The molecule has 0 bridgehead atoms. The van der Waals surface area contributed by atoms with Gasteiger partial charge in [0.25, 0.3) is 0 Å². The van der Waals surface area contributed by atoms with E-state index in [0.29, 0.717) is 31.9 Å². The number of ether oxygens (including phenoxy) is 1. The second kappa shape index (κ2) is 12.8. The summed E-state index contributed by atoms with van der Waals surface area (Å²) in [5, 5.41) is 8.63. The highest BCUT2D eigenvalue weighted by Crippen LogP contribution is 2.21. The molecule has 10 nitrogen and oxygen atoms in total. The second-order valence-electron chi connectivity index (χ2n) is 9.55. The van der Waals surface area contributed by atoms with Gasteiger partial charge in [0.1, 0.15) is 12.3 Å². The molecular weight excluding hydrogens is 472 g/mol. The molecule has 2 aromatic carbocycles. The molecule has 2 aromatic rings. The molecule has 0 aromatic heterocycles. The summed E-state index contributed by atoms with van der Waals surface area (Å²) >= 11 is 0. The van der Waals surface area contributed by atoms with Crippen LogP contribution in [0.4, 0.5) is 26.7 Å². The summed E-state index contributed by atoms with van der Waals surface area (Å²) in [4.78, 5) is 43.1. The van der Waals surface area contributed by atoms with Gasteiger partial charge in [-0.05, 0) is 76.2 Å². The van der Waals surface area contributed by atoms with E-state index in [1.165, 1.54) is 4.90 Å². The van der Waals surface area contributed by atoms with E-state index >= 15 is 0 Å². The molecule has 0 unspecified atom stereocenters. The Morgan fingerprint density at radius 2 is 1.43 bits per heavy atom. The SMILES string of the molecule is COc1ccc(NC(=O)N2CCN(c3ccc(NC(=O)CN(C(=O)NC(C)C)C(C)C)cc3)CC2)cc1. The highest BCUT2D eigenvalue weighted by Gasteiger charge is 2.22. The molecule has 1 heterocycles. The van der Waals surface area contributed by atoms with Crippen LogP contribution in [0, 0.1) is 0 Å². The zero-order valence-electron chi connectivity index (χ0n) is 22.3. The van der Waals surface area contributed by atoms with Crippen LogP contribution in [0.2, 0.25) is 0 Å². The number of nitrogens with one attached hydrogen (secondary N) is 3. The van der Waals surface area contributed by atoms with Crippen molar-refractivity contribution in [1.82, 2.24) is 15.1 Å². The minimum atomic E-state index is -0.257. The van der Waals surface area contributed by atoms with Crippen molar-refractivity contribution in [3.8, 4) is 5.75 Å². The average Bonchev–Trinajstić information content (AvgIpc) is 2.87. The lowest BCUT2D eigenvalue weighted by Gasteiger charge is -2.36. The van der Waals surface area contributed by atoms with Gasteiger partial charge in [0.05, 0.1) is 7.11 Å². The smallest absolute Gasteiger partial charge is 0.321 e. The number of methoxy groups -OCH3 is 1. The van der Waals surface area contributed by atoms with Crippen molar-refractivity contribution in [3.63, 3.8) is 0 Å². The van der Waals surface area contributed by atoms with Crippen LogP contribution < -0.4 is 25.6 Å². The lowest BCUT2D eigenvalue weighted by atomic mass is 10.2. The third-order valence-corrected chi connectivity index (χ3v) is 6.03. The molecule has 0 atom stereocenters. The normalized spacial score (nSPS) is 13.4. The largest absolute Gasteiger partial charge is 0.497 e. The number of urea groups is 2. The number of anilines is 3. The van der Waals surface area contributed by atoms with Crippen molar-refractivity contribution in [2.24, 2.45) is 0 Å². The topological polar surface area (TPSA) is 106 Å². The fraction of sp³-hybridized carbons (Fsp3) is 0.444. The summed E-state index contributed by atoms with van der Waals surface area (Å²) in [6.07, 6.45) is 0. The second-order valence-corrected chi connectivity index (χ2v) is 9.55. The molecule has 3 N–H and O–H groups in total. The maximum atomic E-state index is 12.6. The maximum absolute atomic E-state index is 12.6. The Morgan fingerprint density at radius 1 is 0.865 bits per heavy atom. The fourth-order valence-electron chi connectivity index (χ4n) is 3.97. The Bertz CT molecular complexity index is 1050. The zero-order valence-corrected chi connectivity index (χ0v) is 22.3. The van der Waals surface area contributed by atoms with Crippen LogP contribution in [-0.4, -0.2) is 79.7 Å². The Morgan fingerprint density at radius 3 is 1.97 bits per heavy atom. The first kappa shape index (κ1) is 27.6. The van der Waals surface area contributed by atoms with Gasteiger partial charge in [-0.15, -0.1) is 0 Å². The number of benzene rings is 2. The molecule has 200 valence electrons. The fourth-order valence-corrected chi connectivity index (χ4v) is 3.97. The Kier molecular flexibility index (Phi) is 9.59. The molecular formula is C27H38N6O4. The number of rotatable bonds is 8. The summed E-state index contributed by atoms with van der Waals surface area (Å²) in [5.74, 6) is 0.487. The molecule has 3 rings (SSSR count). The summed E-state index contributed by atoms with van der Waals surface area (Å²) in [6.45, 7) is 10.1. The Balaban J connectivity index is 1.48. The van der Waals surface area contributed by atoms with Gasteiger partial charge in [-0.2, -0.15) is 0 Å². The summed E-state index contributed by atoms with van der Waals surface area (Å²) in [5.41, 5.74) is 2.41. The van der Waals surface area contributed by atoms with Crippen molar-refractivity contribution < 1.29 is 19.1 Å². The summed E-state index contributed by atoms with van der Waals surface area (Å²) in [7, 11) is 1.61. The number of nitrogens with zero attached hydrogens (tertiary/aromatic N) is 3. The first-order valence-corrected chi connectivity index (χ1v) is 12.6. The van der Waals surface area contributed by atoms with Gasteiger partial charge in [-0.1, -0.05) is 0 Å². The van der Waals surface area contributed by atoms with Crippen LogP contribution in [0.3, 0.4) is 0 Å². The number of carbonyl (C=O) groups is 3. The van der Waals surface area contributed by atoms with Gasteiger partial charge in [0.15, 0.2) is 0 Å². The quantitative estimate of drug-likeness (QED) is 0.501. The van der Waals surface area contributed by atoms with Gasteiger partial charge in [-0.3, -0.25) is 4.79 Å². The summed E-state index contributed by atoms with van der Waals surface area (Å²) < 4.78 is 5.15. The van der Waals surface area contributed by atoms with Crippen LogP contribution in [0.1, 0.15) is 27.7 Å². The highest BCUT2D eigenvalue weighted by atomic mass is 16.5. The number of amides is 5. The first-order chi connectivity index (χ1) is 17.7. The van der Waals surface area contributed by atoms with Gasteiger partial charge < -0.3 is 35.4 Å². The molecule has 0 spiro atoms. The Labute approximate surface area is 218 Å². The van der Waals surface area contributed by atoms with Gasteiger partial charge in [0.2, 0.25) is 5.91 Å². The molecule has 1 aliphatic rings. The molecule has 0 aliphatic carbocycles. The number of piperazine rings is 1. The third kappa shape index (κ3) is 8.03. The molecule has 0 radical (unpaired) electrons. The van der Waals surface area contributed by atoms with Gasteiger partial charge in [0, 0.05) is 55.3 Å². The van der Waals surface area contributed by atoms with Gasteiger partial charge >= 0.3 is 12.1 Å². The molecule has 37 heavy (non-hydrogen) atoms. The number of hydrogen-bond acceptors (Lipinski definition) is 5. The first-order valence-electron chi connectivity index (χ1n) is 12.6. The van der Waals surface area contributed by atoms with Crippen LogP contribution in [-0.2, 0) is 4.79 Å². The van der Waals surface area contributed by atoms with Gasteiger partial charge in [-0.25, -0.2) is 9.59 Å². The van der Waals surface area contributed by atoms with Crippen molar-refractivity contribution in [2.45, 2.75) is 39.8 Å². The van der Waals surface area contributed by atoms with E-state index in [4.69, 9.17) is 4.74 Å². The minimum absolute atomic E-state index is 0.00547. The molecule has 1 aliphatic heterocycles. The predicted octanol–water partition coefficient (Wildman–Crippen LogP) is 3.82. The minimum Gasteiger partial charge on any atom is -0.497 e. The van der Waals surface area contributed by atoms with E-state index in [-0.39, 0.29) is 36.6 Å². The zero-order chi connectivity index (χ0) is 26.9. The molecule has 1 fully saturated rings. The van der Waals surface area contributed by atoms with E-state index in [9.17, 15) is 14.4 Å². The maximum Gasteiger partial charge on any atom is 0.321 e. The van der Waals surface area contributed by atoms with Crippen LogP contribution in [0.25, 0.3) is 0 Å². The highest BCUT2D eigenvalue weighted by molar-refractivity contribution is 5.94. The van der Waals surface area contributed by atoms with E-state index in [0.717, 1.165) is 17.1 Å². The van der Waals surface area contributed by atoms with Crippen molar-refractivity contribution >= 4 is 35.0 Å². The molecule has 0 saturated carbocycles. The van der Waals surface area contributed by atoms with E-state index in [2.05, 4.69) is 20.9 Å². The molecule has 1 saturated heterocycles. The summed E-state index contributed by atoms with van der Waals surface area (Å²) in [6, 6.07) is 14.4. The Hall–Kier alpha value is -3.95. The standard InChI is InChI=1S/C27H38N6O4/c1-19(2)28-27(36)33(20(3)4)18-25(34)29-21-6-10-23(11-7-21)31-14-16-32(17-15-31)26(35)30-22-8-12-24(37-5)13-9-22/h6-13,19-20H,14-18H2,1-5H3,(H,28,36)(H,29,34)(H,30,35).